The number of carbonyl (C=O) groups excluding carboxylic acids is 1. The summed E-state index contributed by atoms with van der Waals surface area (Å²) in [4.78, 5) is 12.0. The van der Waals surface area contributed by atoms with E-state index in [1.807, 2.05) is 35.9 Å². The van der Waals surface area contributed by atoms with Gasteiger partial charge in [0, 0.05) is 22.6 Å². The lowest BCUT2D eigenvalue weighted by atomic mass is 10.2. The molecule has 0 aliphatic rings. The molecule has 2 aromatic carbocycles. The van der Waals surface area contributed by atoms with E-state index >= 15 is 0 Å². The van der Waals surface area contributed by atoms with E-state index in [0.717, 1.165) is 10.0 Å². The number of aromatic hydroxyl groups is 1. The fourth-order valence-corrected chi connectivity index (χ4v) is 3.40. The maximum absolute atomic E-state index is 12.0. The first-order chi connectivity index (χ1) is 14.0. The van der Waals surface area contributed by atoms with Gasteiger partial charge in [-0.25, -0.2) is 5.43 Å². The Morgan fingerprint density at radius 3 is 2.79 bits per heavy atom. The molecule has 0 fully saturated rings. The number of rotatable bonds is 7. The Morgan fingerprint density at radius 1 is 1.31 bits per heavy atom. The van der Waals surface area contributed by atoms with Gasteiger partial charge >= 0.3 is 0 Å². The second kappa shape index (κ2) is 9.57. The van der Waals surface area contributed by atoms with Gasteiger partial charge in [0.05, 0.1) is 19.1 Å². The van der Waals surface area contributed by atoms with Crippen LogP contribution >= 0.6 is 27.7 Å². The van der Waals surface area contributed by atoms with Gasteiger partial charge in [0.2, 0.25) is 0 Å². The summed E-state index contributed by atoms with van der Waals surface area (Å²) >= 11 is 4.66. The smallest absolute Gasteiger partial charge is 0.250 e. The van der Waals surface area contributed by atoms with Crippen LogP contribution in [0, 0.1) is 0 Å². The number of aromatic nitrogens is 3. The maximum Gasteiger partial charge on any atom is 0.250 e. The van der Waals surface area contributed by atoms with Crippen molar-refractivity contribution in [3.8, 4) is 22.9 Å². The van der Waals surface area contributed by atoms with Crippen LogP contribution in [-0.2, 0) is 11.8 Å². The molecule has 0 saturated heterocycles. The van der Waals surface area contributed by atoms with Crippen LogP contribution in [0.1, 0.15) is 5.56 Å². The van der Waals surface area contributed by atoms with Crippen molar-refractivity contribution in [2.24, 2.45) is 12.1 Å². The monoisotopic (exact) mass is 475 g/mol. The summed E-state index contributed by atoms with van der Waals surface area (Å²) < 4.78 is 7.85. The van der Waals surface area contributed by atoms with Crippen molar-refractivity contribution in [2.75, 3.05) is 12.9 Å². The SMILES string of the molecule is COc1cccc(/C=N/NC(=O)CSc2nnc(-c3ccc(Br)cc3)n2C)c1O. The van der Waals surface area contributed by atoms with Crippen LogP contribution in [0.5, 0.6) is 11.5 Å². The van der Waals surface area contributed by atoms with Crippen LogP contribution < -0.4 is 10.2 Å². The Labute approximate surface area is 180 Å². The summed E-state index contributed by atoms with van der Waals surface area (Å²) in [5.74, 6) is 0.823. The average Bonchev–Trinajstić information content (AvgIpc) is 3.09. The van der Waals surface area contributed by atoms with Gasteiger partial charge in [0.15, 0.2) is 22.5 Å². The summed E-state index contributed by atoms with van der Waals surface area (Å²) in [5.41, 5.74) is 3.79. The zero-order valence-corrected chi connectivity index (χ0v) is 18.1. The quantitative estimate of drug-likeness (QED) is 0.309. The van der Waals surface area contributed by atoms with Gasteiger partial charge in [-0.05, 0) is 24.3 Å². The number of para-hydroxylation sites is 1. The van der Waals surface area contributed by atoms with Gasteiger partial charge < -0.3 is 14.4 Å². The highest BCUT2D eigenvalue weighted by Gasteiger charge is 2.13. The number of halogens is 1. The predicted octanol–water partition coefficient (Wildman–Crippen LogP) is 3.20. The zero-order valence-electron chi connectivity index (χ0n) is 15.7. The Kier molecular flexibility index (Phi) is 6.89. The van der Waals surface area contributed by atoms with E-state index in [-0.39, 0.29) is 17.4 Å². The minimum atomic E-state index is -0.304. The van der Waals surface area contributed by atoms with Crippen LogP contribution in [0.2, 0.25) is 0 Å². The molecule has 0 atom stereocenters. The van der Waals surface area contributed by atoms with Gasteiger partial charge in [-0.1, -0.05) is 45.9 Å². The first kappa shape index (κ1) is 20.9. The summed E-state index contributed by atoms with van der Waals surface area (Å²) in [5, 5.41) is 22.8. The molecule has 150 valence electrons. The molecule has 3 rings (SSSR count). The molecule has 2 N–H and O–H groups in total. The summed E-state index contributed by atoms with van der Waals surface area (Å²) in [6.07, 6.45) is 1.36. The van der Waals surface area contributed by atoms with Gasteiger partial charge in [-0.2, -0.15) is 5.10 Å². The number of hydrazone groups is 1. The third-order valence-corrected chi connectivity index (χ3v) is 5.46. The van der Waals surface area contributed by atoms with Crippen molar-refractivity contribution in [1.82, 2.24) is 20.2 Å². The van der Waals surface area contributed by atoms with E-state index in [4.69, 9.17) is 4.74 Å². The van der Waals surface area contributed by atoms with Crippen LogP contribution in [0.15, 0.2) is 57.2 Å². The molecule has 29 heavy (non-hydrogen) atoms. The summed E-state index contributed by atoms with van der Waals surface area (Å²) in [6, 6.07) is 12.8. The number of carbonyl (C=O) groups is 1. The Morgan fingerprint density at radius 2 is 2.07 bits per heavy atom. The van der Waals surface area contributed by atoms with Crippen LogP contribution in [0.4, 0.5) is 0 Å². The fourth-order valence-electron chi connectivity index (χ4n) is 2.44. The highest BCUT2D eigenvalue weighted by atomic mass is 79.9. The number of thioether (sulfide) groups is 1. The number of nitrogens with one attached hydrogen (secondary N) is 1. The largest absolute Gasteiger partial charge is 0.504 e. The maximum atomic E-state index is 12.0. The normalized spacial score (nSPS) is 11.0. The lowest BCUT2D eigenvalue weighted by Crippen LogP contribution is -2.19. The van der Waals surface area contributed by atoms with Gasteiger partial charge in [0.1, 0.15) is 0 Å². The van der Waals surface area contributed by atoms with Gasteiger partial charge in [-0.3, -0.25) is 4.79 Å². The number of ether oxygens (including phenoxy) is 1. The minimum absolute atomic E-state index is 0.0399. The van der Waals surface area contributed by atoms with Crippen molar-refractivity contribution >= 4 is 39.8 Å². The molecule has 0 radical (unpaired) electrons. The molecule has 1 heterocycles. The van der Waals surface area contributed by atoms with Crippen molar-refractivity contribution < 1.29 is 14.6 Å². The average molecular weight is 476 g/mol. The molecule has 0 aliphatic carbocycles. The third kappa shape index (κ3) is 5.15. The lowest BCUT2D eigenvalue weighted by Gasteiger charge is -2.05. The van der Waals surface area contributed by atoms with Gasteiger partial charge in [0.25, 0.3) is 5.91 Å². The topological polar surface area (TPSA) is 102 Å². The molecule has 3 aromatic rings. The molecular weight excluding hydrogens is 458 g/mol. The highest BCUT2D eigenvalue weighted by molar-refractivity contribution is 9.10. The van der Waals surface area contributed by atoms with E-state index in [1.54, 1.807) is 18.2 Å². The van der Waals surface area contributed by atoms with Crippen LogP contribution in [0.3, 0.4) is 0 Å². The molecule has 1 amide bonds. The van der Waals surface area contributed by atoms with Crippen LogP contribution in [-0.4, -0.2) is 44.9 Å². The van der Waals surface area contributed by atoms with E-state index in [9.17, 15) is 9.90 Å². The van der Waals surface area contributed by atoms with Gasteiger partial charge in [-0.15, -0.1) is 10.2 Å². The number of methoxy groups -OCH3 is 1. The second-order valence-electron chi connectivity index (χ2n) is 5.85. The molecular formula is C19H18BrN5O3S. The molecule has 10 heteroatoms. The van der Waals surface area contributed by atoms with Crippen LogP contribution in [0.25, 0.3) is 11.4 Å². The molecule has 0 bridgehead atoms. The first-order valence-corrected chi connectivity index (χ1v) is 10.2. The molecule has 0 saturated carbocycles. The van der Waals surface area contributed by atoms with Crippen molar-refractivity contribution in [3.05, 3.63) is 52.5 Å². The number of amides is 1. The molecule has 1 aromatic heterocycles. The van der Waals surface area contributed by atoms with E-state index in [1.165, 1.54) is 25.1 Å². The third-order valence-electron chi connectivity index (χ3n) is 3.91. The van der Waals surface area contributed by atoms with E-state index < -0.39 is 0 Å². The van der Waals surface area contributed by atoms with Crippen molar-refractivity contribution in [1.29, 1.82) is 0 Å². The van der Waals surface area contributed by atoms with E-state index in [2.05, 4.69) is 36.7 Å². The molecule has 0 unspecified atom stereocenters. The number of hydrogen-bond acceptors (Lipinski definition) is 7. The number of phenols is 1. The number of phenolic OH excluding ortho intramolecular Hbond substituents is 1. The molecule has 0 spiro atoms. The van der Waals surface area contributed by atoms with Crippen molar-refractivity contribution in [3.63, 3.8) is 0 Å². The van der Waals surface area contributed by atoms with E-state index in [0.29, 0.717) is 22.3 Å². The summed E-state index contributed by atoms with van der Waals surface area (Å²) in [7, 11) is 3.31. The van der Waals surface area contributed by atoms with Crippen molar-refractivity contribution in [2.45, 2.75) is 5.16 Å². The minimum Gasteiger partial charge on any atom is -0.504 e. The molecule has 8 nitrogen and oxygen atoms in total. The standard InChI is InChI=1S/C19H18BrN5O3S/c1-25-18(12-6-8-14(20)9-7-12)23-24-19(25)29-11-16(26)22-21-10-13-4-3-5-15(28-2)17(13)27/h3-10,27H,11H2,1-2H3,(H,22,26)/b21-10+. The first-order valence-electron chi connectivity index (χ1n) is 8.45. The zero-order chi connectivity index (χ0) is 20.8. The predicted molar refractivity (Wildman–Crippen MR) is 115 cm³/mol. The fraction of sp³-hybridized carbons (Fsp3) is 0.158. The molecule has 0 aliphatic heterocycles. The lowest BCUT2D eigenvalue weighted by molar-refractivity contribution is -0.118. The number of nitrogens with zero attached hydrogens (tertiary/aromatic N) is 4. The number of hydrogen-bond donors (Lipinski definition) is 2. The Balaban J connectivity index is 1.57. The number of benzene rings is 2. The summed E-state index contributed by atoms with van der Waals surface area (Å²) in [6.45, 7) is 0. The second-order valence-corrected chi connectivity index (χ2v) is 7.71. The Hall–Kier alpha value is -2.85. The Bertz CT molecular complexity index is 1040. The highest BCUT2D eigenvalue weighted by Crippen LogP contribution is 2.28.